The van der Waals surface area contributed by atoms with Crippen molar-refractivity contribution in [1.29, 1.82) is 0 Å². The van der Waals surface area contributed by atoms with Gasteiger partial charge in [-0.15, -0.1) is 11.3 Å². The average Bonchev–Trinajstić information content (AvgIpc) is 2.89. The van der Waals surface area contributed by atoms with Crippen molar-refractivity contribution in [3.8, 4) is 0 Å². The summed E-state index contributed by atoms with van der Waals surface area (Å²) in [6.07, 6.45) is 3.86. The maximum atomic E-state index is 13.1. The Morgan fingerprint density at radius 3 is 2.84 bits per heavy atom. The van der Waals surface area contributed by atoms with E-state index in [1.165, 1.54) is 17.4 Å². The molecule has 0 saturated heterocycles. The molecule has 1 amide bonds. The minimum Gasteiger partial charge on any atom is -0.423 e. The fourth-order valence-corrected chi connectivity index (χ4v) is 5.30. The molecule has 1 aliphatic heterocycles. The molecule has 7 nitrogen and oxygen atoms in total. The maximum absolute atomic E-state index is 13.1. The largest absolute Gasteiger partial charge is 0.423 e. The monoisotopic (exact) mass is 435 g/mol. The average molecular weight is 436 g/mol. The highest BCUT2D eigenvalue weighted by Gasteiger charge is 2.22. The van der Waals surface area contributed by atoms with Crippen molar-refractivity contribution in [3.05, 3.63) is 66.9 Å². The van der Waals surface area contributed by atoms with Crippen LogP contribution in [0.1, 0.15) is 45.9 Å². The minimum absolute atomic E-state index is 0.0577. The number of carbonyl (C=O) groups is 1. The first-order chi connectivity index (χ1) is 14.9. The Balaban J connectivity index is 1.54. The van der Waals surface area contributed by atoms with Gasteiger partial charge in [-0.1, -0.05) is 6.42 Å². The number of carbonyl (C=O) groups excluding carboxylic acids is 1. The van der Waals surface area contributed by atoms with Crippen LogP contribution in [0.25, 0.3) is 21.2 Å². The molecule has 0 atom stereocenters. The van der Waals surface area contributed by atoms with Gasteiger partial charge in [-0.05, 0) is 49.9 Å². The van der Waals surface area contributed by atoms with Crippen molar-refractivity contribution in [1.82, 2.24) is 9.55 Å². The predicted molar refractivity (Wildman–Crippen MR) is 121 cm³/mol. The van der Waals surface area contributed by atoms with Crippen LogP contribution in [-0.4, -0.2) is 15.5 Å². The number of aromatic nitrogens is 2. The molecule has 31 heavy (non-hydrogen) atoms. The number of hydrogen-bond acceptors (Lipinski definition) is 6. The van der Waals surface area contributed by atoms with E-state index >= 15 is 0 Å². The van der Waals surface area contributed by atoms with Crippen LogP contribution in [0.2, 0.25) is 0 Å². The molecule has 8 heteroatoms. The lowest BCUT2D eigenvalue weighted by molar-refractivity contribution is 0.103. The topological polar surface area (TPSA) is 94.2 Å². The van der Waals surface area contributed by atoms with Gasteiger partial charge in [-0.2, -0.15) is 0 Å². The van der Waals surface area contributed by atoms with Gasteiger partial charge in [0.1, 0.15) is 16.2 Å². The Kier molecular flexibility index (Phi) is 4.74. The van der Waals surface area contributed by atoms with E-state index in [0.29, 0.717) is 38.5 Å². The summed E-state index contributed by atoms with van der Waals surface area (Å²) >= 11 is 1.24. The van der Waals surface area contributed by atoms with Crippen LogP contribution in [-0.2, 0) is 13.0 Å². The van der Waals surface area contributed by atoms with Crippen LogP contribution >= 0.6 is 11.3 Å². The Hall–Kier alpha value is -3.26. The number of anilines is 1. The number of thiophene rings is 1. The molecule has 3 aromatic heterocycles. The summed E-state index contributed by atoms with van der Waals surface area (Å²) in [6.45, 7) is 4.31. The predicted octanol–water partition coefficient (Wildman–Crippen LogP) is 4.16. The van der Waals surface area contributed by atoms with E-state index in [9.17, 15) is 14.4 Å². The van der Waals surface area contributed by atoms with E-state index in [1.54, 1.807) is 23.6 Å². The van der Waals surface area contributed by atoms with E-state index in [-0.39, 0.29) is 11.5 Å². The van der Waals surface area contributed by atoms with Gasteiger partial charge in [0.25, 0.3) is 11.5 Å². The van der Waals surface area contributed by atoms with Crippen LogP contribution in [0.15, 0.2) is 38.3 Å². The fraction of sp³-hybridized carbons (Fsp3) is 0.304. The van der Waals surface area contributed by atoms with Crippen molar-refractivity contribution < 1.29 is 9.21 Å². The van der Waals surface area contributed by atoms with Crippen LogP contribution in [0.4, 0.5) is 5.69 Å². The molecule has 0 radical (unpaired) electrons. The molecule has 5 rings (SSSR count). The van der Waals surface area contributed by atoms with Gasteiger partial charge >= 0.3 is 5.63 Å². The highest BCUT2D eigenvalue weighted by atomic mass is 32.1. The van der Waals surface area contributed by atoms with E-state index in [1.807, 2.05) is 13.0 Å². The molecule has 0 unspecified atom stereocenters. The zero-order chi connectivity index (χ0) is 21.7. The summed E-state index contributed by atoms with van der Waals surface area (Å²) < 4.78 is 7.03. The van der Waals surface area contributed by atoms with Crippen molar-refractivity contribution in [2.45, 2.75) is 46.1 Å². The van der Waals surface area contributed by atoms with Crippen molar-refractivity contribution in [3.63, 3.8) is 0 Å². The van der Waals surface area contributed by atoms with E-state index in [4.69, 9.17) is 9.40 Å². The maximum Gasteiger partial charge on any atom is 0.336 e. The Bertz CT molecular complexity index is 1480. The highest BCUT2D eigenvalue weighted by Crippen LogP contribution is 2.29. The zero-order valence-corrected chi connectivity index (χ0v) is 18.1. The number of aryl methyl sites for hydroxylation is 3. The number of amides is 1. The number of nitrogens with one attached hydrogen (secondary N) is 1. The Labute approximate surface area is 181 Å². The lowest BCUT2D eigenvalue weighted by Crippen LogP contribution is -2.24. The molecule has 4 aromatic rings. The molecule has 0 aliphatic carbocycles. The molecule has 0 bridgehead atoms. The fourth-order valence-electron chi connectivity index (χ4n) is 4.22. The van der Waals surface area contributed by atoms with Gasteiger partial charge in [-0.3, -0.25) is 14.2 Å². The van der Waals surface area contributed by atoms with Gasteiger partial charge in [0.05, 0.1) is 10.3 Å². The summed E-state index contributed by atoms with van der Waals surface area (Å²) in [5, 5.41) is 4.21. The van der Waals surface area contributed by atoms with E-state index in [2.05, 4.69) is 5.32 Å². The number of fused-ring (bicyclic) bond motifs is 3. The first-order valence-electron chi connectivity index (χ1n) is 10.3. The first-order valence-corrected chi connectivity index (χ1v) is 11.1. The third kappa shape index (κ3) is 3.37. The summed E-state index contributed by atoms with van der Waals surface area (Å²) in [5.41, 5.74) is 1.91. The van der Waals surface area contributed by atoms with Crippen LogP contribution in [0, 0.1) is 13.8 Å². The molecule has 158 valence electrons. The number of rotatable bonds is 2. The molecular weight excluding hydrogens is 414 g/mol. The van der Waals surface area contributed by atoms with Gasteiger partial charge < -0.3 is 9.73 Å². The molecule has 0 spiro atoms. The van der Waals surface area contributed by atoms with Gasteiger partial charge in [0.15, 0.2) is 0 Å². The standard InChI is InChI=1S/C23H21N3O4S/c1-12-10-18(27)30-16-11-14(7-8-15(12)16)24-21(28)20-13(2)19-22(31-20)25-17-6-4-3-5-9-26(17)23(19)29/h7-8,10-11H,3-6,9H2,1-2H3,(H,24,28). The smallest absolute Gasteiger partial charge is 0.336 e. The second-order valence-electron chi connectivity index (χ2n) is 7.95. The number of nitrogens with zero attached hydrogens (tertiary/aromatic N) is 2. The molecule has 0 saturated carbocycles. The minimum atomic E-state index is -0.430. The molecule has 1 N–H and O–H groups in total. The molecule has 4 heterocycles. The Morgan fingerprint density at radius 1 is 1.16 bits per heavy atom. The number of benzene rings is 1. The molecule has 1 aromatic carbocycles. The van der Waals surface area contributed by atoms with Crippen LogP contribution < -0.4 is 16.5 Å². The van der Waals surface area contributed by atoms with Crippen LogP contribution in [0.3, 0.4) is 0 Å². The SMILES string of the molecule is Cc1cc(=O)oc2cc(NC(=O)c3sc4nc5n(c(=O)c4c3C)CCCCC5)ccc12. The summed E-state index contributed by atoms with van der Waals surface area (Å²) in [7, 11) is 0. The normalized spacial score (nSPS) is 13.9. The second kappa shape index (κ2) is 7.46. The van der Waals surface area contributed by atoms with Gasteiger partial charge in [-0.25, -0.2) is 9.78 Å². The molecular formula is C23H21N3O4S. The van der Waals surface area contributed by atoms with Gasteiger partial charge in [0, 0.05) is 36.2 Å². The first kappa shape index (κ1) is 19.7. The molecule has 1 aliphatic rings. The van der Waals surface area contributed by atoms with E-state index < -0.39 is 5.63 Å². The lowest BCUT2D eigenvalue weighted by atomic mass is 10.1. The third-order valence-corrected chi connectivity index (χ3v) is 7.01. The zero-order valence-electron chi connectivity index (χ0n) is 17.3. The third-order valence-electron chi connectivity index (χ3n) is 5.83. The number of hydrogen-bond donors (Lipinski definition) is 1. The summed E-state index contributed by atoms with van der Waals surface area (Å²) in [5.74, 6) is 0.498. The van der Waals surface area contributed by atoms with Gasteiger partial charge in [0.2, 0.25) is 0 Å². The molecule has 0 fully saturated rings. The second-order valence-corrected chi connectivity index (χ2v) is 8.94. The van der Waals surface area contributed by atoms with Crippen molar-refractivity contribution in [2.75, 3.05) is 5.32 Å². The van der Waals surface area contributed by atoms with Crippen molar-refractivity contribution >= 4 is 44.1 Å². The summed E-state index contributed by atoms with van der Waals surface area (Å²) in [4.78, 5) is 43.6. The Morgan fingerprint density at radius 2 is 2.00 bits per heavy atom. The lowest BCUT2D eigenvalue weighted by Gasteiger charge is -2.08. The van der Waals surface area contributed by atoms with E-state index in [0.717, 1.165) is 42.5 Å². The highest BCUT2D eigenvalue weighted by molar-refractivity contribution is 7.20. The van der Waals surface area contributed by atoms with Crippen LogP contribution in [0.5, 0.6) is 0 Å². The summed E-state index contributed by atoms with van der Waals surface area (Å²) in [6, 6.07) is 6.66. The van der Waals surface area contributed by atoms with Crippen molar-refractivity contribution in [2.24, 2.45) is 0 Å². The quantitative estimate of drug-likeness (QED) is 0.477.